The largest absolute Gasteiger partial charge is 0.457 e. The van der Waals surface area contributed by atoms with Crippen LogP contribution in [0.15, 0.2) is 97.2 Å². The molecule has 0 fully saturated rings. The van der Waals surface area contributed by atoms with E-state index in [4.69, 9.17) is 9.47 Å². The highest BCUT2D eigenvalue weighted by Crippen LogP contribution is 2.14. The first-order valence-electron chi connectivity index (χ1n) is 23.8. The van der Waals surface area contributed by atoms with Gasteiger partial charge >= 0.3 is 5.97 Å². The van der Waals surface area contributed by atoms with Crippen LogP contribution in [0.25, 0.3) is 0 Å². The molecule has 326 valence electrons. The summed E-state index contributed by atoms with van der Waals surface area (Å²) in [7, 11) is 0. The number of allylic oxidation sites excluding steroid dienone is 16. The molecule has 0 aliphatic carbocycles. The normalized spacial score (nSPS) is 13.2. The summed E-state index contributed by atoms with van der Waals surface area (Å²) < 4.78 is 11.2. The predicted octanol–water partition coefficient (Wildman–Crippen LogP) is 16.1. The molecule has 0 aliphatic rings. The molecule has 1 atom stereocenters. The van der Waals surface area contributed by atoms with Gasteiger partial charge in [0.15, 0.2) is 0 Å². The van der Waals surface area contributed by atoms with Gasteiger partial charge < -0.3 is 14.6 Å². The number of aliphatic hydroxyl groups is 1. The van der Waals surface area contributed by atoms with E-state index in [9.17, 15) is 9.90 Å². The van der Waals surface area contributed by atoms with Crippen molar-refractivity contribution < 1.29 is 19.4 Å². The van der Waals surface area contributed by atoms with Gasteiger partial charge in [0.05, 0.1) is 13.2 Å². The topological polar surface area (TPSA) is 55.8 Å². The summed E-state index contributed by atoms with van der Waals surface area (Å²) in [5.41, 5.74) is 0. The molecule has 0 saturated carbocycles. The van der Waals surface area contributed by atoms with Crippen LogP contribution in [0.5, 0.6) is 0 Å². The molecule has 0 aromatic heterocycles. The molecule has 57 heavy (non-hydrogen) atoms. The molecule has 4 nitrogen and oxygen atoms in total. The Bertz CT molecular complexity index is 1060. The average Bonchev–Trinajstić information content (AvgIpc) is 3.22. The van der Waals surface area contributed by atoms with Crippen molar-refractivity contribution in [2.75, 3.05) is 19.8 Å². The maximum absolute atomic E-state index is 12.3. The molecule has 0 aromatic carbocycles. The van der Waals surface area contributed by atoms with Crippen molar-refractivity contribution in [3.05, 3.63) is 97.2 Å². The molecule has 0 rings (SSSR count). The van der Waals surface area contributed by atoms with E-state index in [2.05, 4.69) is 111 Å². The number of carbonyl (C=O) groups excluding carboxylic acids is 1. The van der Waals surface area contributed by atoms with Gasteiger partial charge in [0.25, 0.3) is 0 Å². The quantitative estimate of drug-likeness (QED) is 0.0380. The highest BCUT2D eigenvalue weighted by Gasteiger charge is 2.13. The number of rotatable bonds is 43. The van der Waals surface area contributed by atoms with Crippen LogP contribution in [-0.2, 0) is 14.3 Å². The molecule has 0 bridgehead atoms. The molecule has 0 radical (unpaired) electrons. The number of unbranched alkanes of at least 4 members (excludes halogenated alkanes) is 19. The van der Waals surface area contributed by atoms with Crippen molar-refractivity contribution in [3.8, 4) is 0 Å². The smallest absolute Gasteiger partial charge is 0.306 e. The number of aliphatic hydroxyl groups excluding tert-OH is 1. The van der Waals surface area contributed by atoms with Gasteiger partial charge in [-0.1, -0.05) is 207 Å². The average molecular weight is 791 g/mol. The summed E-state index contributed by atoms with van der Waals surface area (Å²) >= 11 is 0. The van der Waals surface area contributed by atoms with E-state index in [1.165, 1.54) is 116 Å². The van der Waals surface area contributed by atoms with Crippen LogP contribution in [0.3, 0.4) is 0 Å². The third-order valence-corrected chi connectivity index (χ3v) is 9.90. The van der Waals surface area contributed by atoms with E-state index < -0.39 is 6.10 Å². The molecule has 0 aromatic rings. The molecule has 0 saturated heterocycles. The standard InChI is InChI=1S/C53H90O4/c1-3-5-7-9-11-13-15-17-19-21-23-25-26-27-29-31-33-35-37-39-41-43-45-47-49-56-51-52(50-54)57-53(55)48-46-44-42-40-38-36-34-32-30-28-24-22-20-18-16-14-12-10-8-6-4-2/h5-8,11-14,17-20,23-25,28,52,54H,3-4,9-10,15-16,21-22,26-27,29-51H2,1-2H3/b7-5-,8-6-,13-11-,14-12-,19-17-,20-18-,25-23-,28-24-. The second-order valence-corrected chi connectivity index (χ2v) is 15.4. The fourth-order valence-electron chi connectivity index (χ4n) is 6.43. The summed E-state index contributed by atoms with van der Waals surface area (Å²) in [5.74, 6) is -0.213. The maximum Gasteiger partial charge on any atom is 0.306 e. The van der Waals surface area contributed by atoms with Gasteiger partial charge in [0.1, 0.15) is 6.10 Å². The van der Waals surface area contributed by atoms with E-state index >= 15 is 0 Å². The monoisotopic (exact) mass is 791 g/mol. The fourth-order valence-corrected chi connectivity index (χ4v) is 6.43. The van der Waals surface area contributed by atoms with Gasteiger partial charge in [0, 0.05) is 13.0 Å². The second-order valence-electron chi connectivity index (χ2n) is 15.4. The first-order chi connectivity index (χ1) is 28.2. The second kappa shape index (κ2) is 49.5. The van der Waals surface area contributed by atoms with E-state index in [-0.39, 0.29) is 19.2 Å². The van der Waals surface area contributed by atoms with Gasteiger partial charge in [-0.25, -0.2) is 0 Å². The molecule has 0 heterocycles. The molecule has 4 heteroatoms. The zero-order valence-corrected chi connectivity index (χ0v) is 37.3. The number of ether oxygens (including phenoxy) is 2. The van der Waals surface area contributed by atoms with Crippen molar-refractivity contribution in [1.82, 2.24) is 0 Å². The molecule has 0 spiro atoms. The molecule has 1 unspecified atom stereocenters. The number of hydrogen-bond donors (Lipinski definition) is 1. The molecule has 0 aliphatic heterocycles. The summed E-state index contributed by atoms with van der Waals surface area (Å²) in [6.07, 6.45) is 70.5. The Kier molecular flexibility index (Phi) is 47.1. The van der Waals surface area contributed by atoms with E-state index in [1.54, 1.807) is 0 Å². The lowest BCUT2D eigenvalue weighted by Crippen LogP contribution is -2.27. The van der Waals surface area contributed by atoms with Crippen molar-refractivity contribution >= 4 is 5.97 Å². The summed E-state index contributed by atoms with van der Waals surface area (Å²) in [6, 6.07) is 0. The number of hydrogen-bond acceptors (Lipinski definition) is 4. The van der Waals surface area contributed by atoms with Crippen LogP contribution >= 0.6 is 0 Å². The summed E-state index contributed by atoms with van der Waals surface area (Å²) in [5, 5.41) is 9.64. The zero-order chi connectivity index (χ0) is 41.2. The van der Waals surface area contributed by atoms with Gasteiger partial charge in [-0.3, -0.25) is 4.79 Å². The summed E-state index contributed by atoms with van der Waals surface area (Å²) in [4.78, 5) is 12.3. The van der Waals surface area contributed by atoms with Gasteiger partial charge in [-0.15, -0.1) is 0 Å². The third-order valence-electron chi connectivity index (χ3n) is 9.90. The number of carbonyl (C=O) groups is 1. The molecule has 1 N–H and O–H groups in total. The molecular formula is C53H90O4. The number of esters is 1. The predicted molar refractivity (Wildman–Crippen MR) is 251 cm³/mol. The lowest BCUT2D eigenvalue weighted by molar-refractivity contribution is -0.154. The molecule has 0 amide bonds. The van der Waals surface area contributed by atoms with E-state index in [0.717, 1.165) is 70.6 Å². The van der Waals surface area contributed by atoms with Gasteiger partial charge in [-0.05, 0) is 89.9 Å². The Morgan fingerprint density at radius 1 is 0.421 bits per heavy atom. The first-order valence-corrected chi connectivity index (χ1v) is 23.8. The van der Waals surface area contributed by atoms with Crippen LogP contribution in [0.4, 0.5) is 0 Å². The van der Waals surface area contributed by atoms with Crippen LogP contribution in [-0.4, -0.2) is 37.0 Å². The third kappa shape index (κ3) is 47.6. The Morgan fingerprint density at radius 3 is 1.11 bits per heavy atom. The lowest BCUT2D eigenvalue weighted by atomic mass is 10.1. The van der Waals surface area contributed by atoms with Crippen LogP contribution in [0.2, 0.25) is 0 Å². The highest BCUT2D eigenvalue weighted by atomic mass is 16.6. The van der Waals surface area contributed by atoms with Crippen LogP contribution < -0.4 is 0 Å². The van der Waals surface area contributed by atoms with Crippen molar-refractivity contribution in [2.24, 2.45) is 0 Å². The SMILES string of the molecule is CC/C=C\C/C=C\C/C=C\C/C=C\CCCCCCCCCCCCCOCC(CO)OC(=O)CCCCCCCCCC/C=C\C/C=C\C/C=C\C/C=C\CC. The Morgan fingerprint density at radius 2 is 0.737 bits per heavy atom. The van der Waals surface area contributed by atoms with Crippen LogP contribution in [0, 0.1) is 0 Å². The van der Waals surface area contributed by atoms with E-state index in [1.807, 2.05) is 0 Å². The Balaban J connectivity index is 3.47. The minimum Gasteiger partial charge on any atom is -0.457 e. The lowest BCUT2D eigenvalue weighted by Gasteiger charge is -2.16. The minimum atomic E-state index is -0.547. The fraction of sp³-hybridized carbons (Fsp3) is 0.679. The highest BCUT2D eigenvalue weighted by molar-refractivity contribution is 5.69. The van der Waals surface area contributed by atoms with Crippen molar-refractivity contribution in [3.63, 3.8) is 0 Å². The maximum atomic E-state index is 12.3. The van der Waals surface area contributed by atoms with Crippen LogP contribution in [0.1, 0.15) is 206 Å². The van der Waals surface area contributed by atoms with E-state index in [0.29, 0.717) is 13.0 Å². The zero-order valence-electron chi connectivity index (χ0n) is 37.3. The molecular weight excluding hydrogens is 701 g/mol. The first kappa shape index (κ1) is 54.3. The summed E-state index contributed by atoms with van der Waals surface area (Å²) in [6.45, 7) is 5.10. The van der Waals surface area contributed by atoms with Gasteiger partial charge in [0.2, 0.25) is 0 Å². The Labute approximate surface area is 353 Å². The van der Waals surface area contributed by atoms with Gasteiger partial charge in [-0.2, -0.15) is 0 Å². The van der Waals surface area contributed by atoms with Crippen molar-refractivity contribution in [2.45, 2.75) is 213 Å². The minimum absolute atomic E-state index is 0.181. The van der Waals surface area contributed by atoms with Crippen molar-refractivity contribution in [1.29, 1.82) is 0 Å². The Hall–Kier alpha value is -2.69.